The number of fused-ring (bicyclic) bond motifs is 1. The molecule has 0 bridgehead atoms. The maximum Gasteiger partial charge on any atom is 0.308 e. The highest BCUT2D eigenvalue weighted by Gasteiger charge is 2.47. The standard InChI is InChI=1S/C14H20N2O5/c1-8(12(15)18)21-11(17)6-7-16-13(19)9-4-2-3-5-10(9)14(16)20/h8-10H,2-7H2,1H3,(H2,15,18)/t8-,9-,10+/m1/s1. The molecule has 0 radical (unpaired) electrons. The number of likely N-dealkylation sites (tertiary alicyclic amines) is 1. The van der Waals surface area contributed by atoms with E-state index in [9.17, 15) is 19.2 Å². The van der Waals surface area contributed by atoms with Gasteiger partial charge >= 0.3 is 5.97 Å². The average Bonchev–Trinajstić information content (AvgIpc) is 2.69. The van der Waals surface area contributed by atoms with E-state index in [0.29, 0.717) is 0 Å². The second-order valence-electron chi connectivity index (χ2n) is 5.61. The van der Waals surface area contributed by atoms with Gasteiger partial charge in [-0.25, -0.2) is 0 Å². The molecule has 2 aliphatic rings. The number of rotatable bonds is 5. The van der Waals surface area contributed by atoms with Gasteiger partial charge in [0.25, 0.3) is 5.91 Å². The first-order valence-corrected chi connectivity index (χ1v) is 7.26. The SMILES string of the molecule is C[C@@H](OC(=O)CCN1C(=O)[C@H]2CCCC[C@H]2C1=O)C(N)=O. The Labute approximate surface area is 122 Å². The molecule has 21 heavy (non-hydrogen) atoms. The van der Waals surface area contributed by atoms with E-state index in [1.165, 1.54) is 6.92 Å². The number of ether oxygens (including phenoxy) is 1. The largest absolute Gasteiger partial charge is 0.453 e. The number of carbonyl (C=O) groups excluding carboxylic acids is 4. The molecule has 0 aromatic heterocycles. The molecule has 3 atom stereocenters. The van der Waals surface area contributed by atoms with E-state index in [0.717, 1.165) is 30.6 Å². The summed E-state index contributed by atoms with van der Waals surface area (Å²) in [6, 6.07) is 0. The van der Waals surface area contributed by atoms with Crippen molar-refractivity contribution in [2.24, 2.45) is 17.6 Å². The van der Waals surface area contributed by atoms with E-state index < -0.39 is 18.0 Å². The van der Waals surface area contributed by atoms with E-state index in [4.69, 9.17) is 10.5 Å². The van der Waals surface area contributed by atoms with E-state index in [1.807, 2.05) is 0 Å². The molecule has 1 saturated heterocycles. The second kappa shape index (κ2) is 6.24. The maximum atomic E-state index is 12.2. The molecule has 1 heterocycles. The summed E-state index contributed by atoms with van der Waals surface area (Å²) in [6.07, 6.45) is 2.29. The first-order valence-electron chi connectivity index (χ1n) is 7.26. The van der Waals surface area contributed by atoms with E-state index >= 15 is 0 Å². The first kappa shape index (κ1) is 15.5. The minimum Gasteiger partial charge on any atom is -0.453 e. The average molecular weight is 296 g/mol. The highest BCUT2D eigenvalue weighted by molar-refractivity contribution is 6.05. The van der Waals surface area contributed by atoms with Gasteiger partial charge in [0.2, 0.25) is 11.8 Å². The zero-order valence-electron chi connectivity index (χ0n) is 12.0. The molecule has 116 valence electrons. The lowest BCUT2D eigenvalue weighted by Crippen LogP contribution is -2.35. The van der Waals surface area contributed by atoms with Crippen LogP contribution in [0.5, 0.6) is 0 Å². The molecule has 1 aliphatic heterocycles. The lowest BCUT2D eigenvalue weighted by molar-refractivity contribution is -0.154. The Morgan fingerprint density at radius 2 is 1.76 bits per heavy atom. The van der Waals surface area contributed by atoms with Gasteiger partial charge in [-0.2, -0.15) is 0 Å². The number of primary amides is 1. The van der Waals surface area contributed by atoms with Crippen LogP contribution >= 0.6 is 0 Å². The molecule has 1 aliphatic carbocycles. The Hall–Kier alpha value is -1.92. The van der Waals surface area contributed by atoms with Crippen LogP contribution in [0.1, 0.15) is 39.0 Å². The zero-order chi connectivity index (χ0) is 15.6. The molecule has 0 aromatic rings. The van der Waals surface area contributed by atoms with Crippen molar-refractivity contribution in [3.63, 3.8) is 0 Å². The summed E-state index contributed by atoms with van der Waals surface area (Å²) >= 11 is 0. The highest BCUT2D eigenvalue weighted by atomic mass is 16.5. The lowest BCUT2D eigenvalue weighted by Gasteiger charge is -2.19. The summed E-state index contributed by atoms with van der Waals surface area (Å²) in [5.74, 6) is -2.17. The molecule has 2 fully saturated rings. The minimum absolute atomic E-state index is 0.00891. The molecule has 1 saturated carbocycles. The molecule has 0 aromatic carbocycles. The van der Waals surface area contributed by atoms with E-state index in [1.54, 1.807) is 0 Å². The van der Waals surface area contributed by atoms with Crippen molar-refractivity contribution in [2.75, 3.05) is 6.54 Å². The quantitative estimate of drug-likeness (QED) is 0.566. The van der Waals surface area contributed by atoms with Crippen LogP contribution in [-0.4, -0.2) is 41.2 Å². The first-order chi connectivity index (χ1) is 9.91. The summed E-state index contributed by atoms with van der Waals surface area (Å²) < 4.78 is 4.80. The highest BCUT2D eigenvalue weighted by Crippen LogP contribution is 2.37. The molecule has 7 heteroatoms. The third kappa shape index (κ3) is 3.22. The normalized spacial score (nSPS) is 26.4. The third-order valence-corrected chi connectivity index (χ3v) is 4.18. The Kier molecular flexibility index (Phi) is 4.59. The number of imide groups is 1. The minimum atomic E-state index is -1.01. The number of nitrogens with two attached hydrogens (primary N) is 1. The van der Waals surface area contributed by atoms with Crippen LogP contribution < -0.4 is 5.73 Å². The van der Waals surface area contributed by atoms with Gasteiger partial charge in [-0.15, -0.1) is 0 Å². The monoisotopic (exact) mass is 296 g/mol. The Balaban J connectivity index is 1.88. The van der Waals surface area contributed by atoms with Crippen molar-refractivity contribution in [1.82, 2.24) is 4.90 Å². The van der Waals surface area contributed by atoms with Crippen LogP contribution in [0, 0.1) is 11.8 Å². The van der Waals surface area contributed by atoms with Gasteiger partial charge in [-0.3, -0.25) is 24.1 Å². The molecule has 7 nitrogen and oxygen atoms in total. The summed E-state index contributed by atoms with van der Waals surface area (Å²) in [6.45, 7) is 1.38. The van der Waals surface area contributed by atoms with Crippen LogP contribution in [0.4, 0.5) is 0 Å². The fraction of sp³-hybridized carbons (Fsp3) is 0.714. The molecule has 2 N–H and O–H groups in total. The summed E-state index contributed by atoms with van der Waals surface area (Å²) in [5, 5.41) is 0. The van der Waals surface area contributed by atoms with E-state index in [-0.39, 0.29) is 36.6 Å². The summed E-state index contributed by atoms with van der Waals surface area (Å²) in [7, 11) is 0. The molecule has 0 spiro atoms. The topological polar surface area (TPSA) is 107 Å². The number of esters is 1. The van der Waals surface area contributed by atoms with Crippen LogP contribution in [0.25, 0.3) is 0 Å². The Morgan fingerprint density at radius 3 is 2.24 bits per heavy atom. The second-order valence-corrected chi connectivity index (χ2v) is 5.61. The van der Waals surface area contributed by atoms with Crippen LogP contribution in [-0.2, 0) is 23.9 Å². The lowest BCUT2D eigenvalue weighted by atomic mass is 9.81. The van der Waals surface area contributed by atoms with Crippen molar-refractivity contribution in [1.29, 1.82) is 0 Å². The number of nitrogens with zero attached hydrogens (tertiary/aromatic N) is 1. The maximum absolute atomic E-state index is 12.2. The van der Waals surface area contributed by atoms with Gasteiger partial charge in [0, 0.05) is 6.54 Å². The number of carbonyl (C=O) groups is 4. The van der Waals surface area contributed by atoms with Gasteiger partial charge in [0.1, 0.15) is 0 Å². The van der Waals surface area contributed by atoms with Gasteiger partial charge in [0.05, 0.1) is 18.3 Å². The van der Waals surface area contributed by atoms with Gasteiger partial charge in [0.15, 0.2) is 6.10 Å². The van der Waals surface area contributed by atoms with Crippen molar-refractivity contribution < 1.29 is 23.9 Å². The number of hydrogen-bond donors (Lipinski definition) is 1. The van der Waals surface area contributed by atoms with Crippen LogP contribution in [0.15, 0.2) is 0 Å². The Morgan fingerprint density at radius 1 is 1.24 bits per heavy atom. The predicted molar refractivity (Wildman–Crippen MR) is 71.5 cm³/mol. The summed E-state index contributed by atoms with van der Waals surface area (Å²) in [4.78, 5) is 47.9. The van der Waals surface area contributed by atoms with Crippen LogP contribution in [0.3, 0.4) is 0 Å². The van der Waals surface area contributed by atoms with Crippen LogP contribution in [0.2, 0.25) is 0 Å². The van der Waals surface area contributed by atoms with Crippen molar-refractivity contribution in [3.05, 3.63) is 0 Å². The Bertz CT molecular complexity index is 452. The number of hydrogen-bond acceptors (Lipinski definition) is 5. The fourth-order valence-corrected chi connectivity index (χ4v) is 2.97. The van der Waals surface area contributed by atoms with Crippen molar-refractivity contribution >= 4 is 23.7 Å². The molecular formula is C14H20N2O5. The molecule has 3 amide bonds. The third-order valence-electron chi connectivity index (χ3n) is 4.18. The summed E-state index contributed by atoms with van der Waals surface area (Å²) in [5.41, 5.74) is 4.99. The molecular weight excluding hydrogens is 276 g/mol. The molecule has 2 rings (SSSR count). The number of amides is 3. The molecule has 0 unspecified atom stereocenters. The predicted octanol–water partition coefficient (Wildman–Crippen LogP) is -0.0313. The van der Waals surface area contributed by atoms with Gasteiger partial charge < -0.3 is 10.5 Å². The fourth-order valence-electron chi connectivity index (χ4n) is 2.97. The zero-order valence-corrected chi connectivity index (χ0v) is 12.0. The van der Waals surface area contributed by atoms with Gasteiger partial charge in [-0.05, 0) is 19.8 Å². The van der Waals surface area contributed by atoms with Crippen molar-refractivity contribution in [3.8, 4) is 0 Å². The van der Waals surface area contributed by atoms with Gasteiger partial charge in [-0.1, -0.05) is 12.8 Å². The van der Waals surface area contributed by atoms with Crippen molar-refractivity contribution in [2.45, 2.75) is 45.1 Å². The smallest absolute Gasteiger partial charge is 0.308 e. The van der Waals surface area contributed by atoms with E-state index in [2.05, 4.69) is 0 Å².